The SMILES string of the molecule is CNC1(CO)CCCC1CCN(C)C1CCC(C)(C)CC1. The van der Waals surface area contributed by atoms with Crippen molar-refractivity contribution in [3.05, 3.63) is 0 Å². The monoisotopic (exact) mass is 296 g/mol. The molecule has 21 heavy (non-hydrogen) atoms. The minimum atomic E-state index is -0.00457. The summed E-state index contributed by atoms with van der Waals surface area (Å²) < 4.78 is 0. The number of rotatable bonds is 6. The molecule has 0 aromatic carbocycles. The standard InChI is InChI=1S/C18H36N2O/c1-17(2)11-7-16(8-12-17)20(4)13-9-15-6-5-10-18(15,14-21)19-3/h15-16,19,21H,5-14H2,1-4H3. The van der Waals surface area contributed by atoms with Gasteiger partial charge >= 0.3 is 0 Å². The lowest BCUT2D eigenvalue weighted by atomic mass is 9.75. The van der Waals surface area contributed by atoms with E-state index >= 15 is 0 Å². The second-order valence-electron chi connectivity index (χ2n) is 8.32. The summed E-state index contributed by atoms with van der Waals surface area (Å²) in [6.07, 6.45) is 10.3. The average molecular weight is 296 g/mol. The van der Waals surface area contributed by atoms with Crippen molar-refractivity contribution in [2.45, 2.75) is 76.8 Å². The van der Waals surface area contributed by atoms with Gasteiger partial charge in [-0.25, -0.2) is 0 Å². The predicted molar refractivity (Wildman–Crippen MR) is 89.5 cm³/mol. The van der Waals surface area contributed by atoms with Crippen LogP contribution in [0.2, 0.25) is 0 Å². The second-order valence-corrected chi connectivity index (χ2v) is 8.32. The first-order valence-corrected chi connectivity index (χ1v) is 8.92. The second kappa shape index (κ2) is 6.97. The third kappa shape index (κ3) is 4.00. The van der Waals surface area contributed by atoms with Crippen molar-refractivity contribution in [3.8, 4) is 0 Å². The Labute approximate surface area is 131 Å². The van der Waals surface area contributed by atoms with E-state index in [0.29, 0.717) is 11.3 Å². The van der Waals surface area contributed by atoms with Gasteiger partial charge in [-0.15, -0.1) is 0 Å². The Morgan fingerprint density at radius 2 is 1.81 bits per heavy atom. The average Bonchev–Trinajstić information content (AvgIpc) is 2.88. The quantitative estimate of drug-likeness (QED) is 0.791. The van der Waals surface area contributed by atoms with E-state index in [1.807, 2.05) is 7.05 Å². The van der Waals surface area contributed by atoms with Gasteiger partial charge in [0.15, 0.2) is 0 Å². The van der Waals surface area contributed by atoms with Gasteiger partial charge in [-0.1, -0.05) is 20.3 Å². The zero-order valence-electron chi connectivity index (χ0n) is 14.6. The van der Waals surface area contributed by atoms with Crippen LogP contribution in [0.15, 0.2) is 0 Å². The van der Waals surface area contributed by atoms with Gasteiger partial charge in [-0.05, 0) is 76.9 Å². The molecule has 0 heterocycles. The third-order valence-corrected chi connectivity index (χ3v) is 6.50. The van der Waals surface area contributed by atoms with E-state index in [1.165, 1.54) is 51.5 Å². The number of aliphatic hydroxyl groups excluding tert-OH is 1. The van der Waals surface area contributed by atoms with E-state index in [2.05, 4.69) is 31.1 Å². The molecule has 0 radical (unpaired) electrons. The number of aliphatic hydroxyl groups is 1. The molecule has 3 heteroatoms. The molecule has 2 atom stereocenters. The first-order valence-electron chi connectivity index (χ1n) is 8.92. The first-order chi connectivity index (χ1) is 9.92. The molecule has 2 rings (SSSR count). The highest BCUT2D eigenvalue weighted by Crippen LogP contribution is 2.39. The van der Waals surface area contributed by atoms with Gasteiger partial charge in [0.2, 0.25) is 0 Å². The summed E-state index contributed by atoms with van der Waals surface area (Å²) >= 11 is 0. The van der Waals surface area contributed by atoms with Gasteiger partial charge in [0.05, 0.1) is 6.61 Å². The van der Waals surface area contributed by atoms with E-state index < -0.39 is 0 Å². The highest BCUT2D eigenvalue weighted by molar-refractivity contribution is 4.98. The van der Waals surface area contributed by atoms with Crippen molar-refractivity contribution in [1.82, 2.24) is 10.2 Å². The van der Waals surface area contributed by atoms with E-state index in [1.54, 1.807) is 0 Å². The van der Waals surface area contributed by atoms with E-state index in [0.717, 1.165) is 12.5 Å². The van der Waals surface area contributed by atoms with Crippen LogP contribution in [-0.4, -0.2) is 48.8 Å². The van der Waals surface area contributed by atoms with Crippen LogP contribution < -0.4 is 5.32 Å². The van der Waals surface area contributed by atoms with Crippen molar-refractivity contribution in [2.75, 3.05) is 27.2 Å². The fraction of sp³-hybridized carbons (Fsp3) is 1.00. The van der Waals surface area contributed by atoms with Crippen molar-refractivity contribution < 1.29 is 5.11 Å². The van der Waals surface area contributed by atoms with Gasteiger partial charge in [-0.2, -0.15) is 0 Å². The highest BCUT2D eigenvalue weighted by Gasteiger charge is 2.41. The fourth-order valence-electron chi connectivity index (χ4n) is 4.55. The molecule has 0 aromatic rings. The summed E-state index contributed by atoms with van der Waals surface area (Å²) in [5, 5.41) is 13.2. The lowest BCUT2D eigenvalue weighted by molar-refractivity contribution is 0.0979. The Kier molecular flexibility index (Phi) is 5.72. The summed E-state index contributed by atoms with van der Waals surface area (Å²) in [6.45, 7) is 6.28. The van der Waals surface area contributed by atoms with Crippen LogP contribution in [0.5, 0.6) is 0 Å². The van der Waals surface area contributed by atoms with Gasteiger partial charge < -0.3 is 15.3 Å². The fourth-order valence-corrected chi connectivity index (χ4v) is 4.55. The summed E-state index contributed by atoms with van der Waals surface area (Å²) in [4.78, 5) is 2.59. The van der Waals surface area contributed by atoms with Crippen LogP contribution in [-0.2, 0) is 0 Å². The molecule has 2 N–H and O–H groups in total. The topological polar surface area (TPSA) is 35.5 Å². The maximum Gasteiger partial charge on any atom is 0.0615 e. The smallest absolute Gasteiger partial charge is 0.0615 e. The molecule has 2 unspecified atom stereocenters. The zero-order chi connectivity index (χ0) is 15.5. The molecule has 2 aliphatic carbocycles. The van der Waals surface area contributed by atoms with Crippen LogP contribution in [0.1, 0.15) is 65.2 Å². The van der Waals surface area contributed by atoms with Crippen LogP contribution in [0.25, 0.3) is 0 Å². The van der Waals surface area contributed by atoms with Gasteiger partial charge in [-0.3, -0.25) is 0 Å². The van der Waals surface area contributed by atoms with Crippen LogP contribution >= 0.6 is 0 Å². The molecule has 0 spiro atoms. The van der Waals surface area contributed by atoms with Crippen LogP contribution in [0, 0.1) is 11.3 Å². The summed E-state index contributed by atoms with van der Waals surface area (Å²) in [7, 11) is 4.32. The molecular weight excluding hydrogens is 260 g/mol. The van der Waals surface area contributed by atoms with Gasteiger partial charge in [0.1, 0.15) is 0 Å². The summed E-state index contributed by atoms with van der Waals surface area (Å²) in [5.74, 6) is 0.634. The lowest BCUT2D eigenvalue weighted by Crippen LogP contribution is -2.50. The largest absolute Gasteiger partial charge is 0.394 e. The number of nitrogens with one attached hydrogen (secondary N) is 1. The molecule has 0 bridgehead atoms. The minimum Gasteiger partial charge on any atom is -0.394 e. The molecule has 3 nitrogen and oxygen atoms in total. The van der Waals surface area contributed by atoms with Crippen LogP contribution in [0.4, 0.5) is 0 Å². The molecule has 0 aliphatic heterocycles. The zero-order valence-corrected chi connectivity index (χ0v) is 14.6. The molecule has 2 fully saturated rings. The minimum absolute atomic E-state index is 0.00457. The molecule has 2 saturated carbocycles. The van der Waals surface area contributed by atoms with Crippen molar-refractivity contribution in [2.24, 2.45) is 11.3 Å². The molecule has 124 valence electrons. The summed E-state index contributed by atoms with van der Waals surface area (Å²) in [6, 6.07) is 0.776. The molecule has 0 saturated heterocycles. The molecule has 2 aliphatic rings. The Hall–Kier alpha value is -0.120. The Morgan fingerprint density at radius 1 is 1.14 bits per heavy atom. The Balaban J connectivity index is 1.80. The summed E-state index contributed by atoms with van der Waals surface area (Å²) in [5.41, 5.74) is 0.552. The molecule has 0 amide bonds. The molecular formula is C18H36N2O. The predicted octanol–water partition coefficient (Wildman–Crippen LogP) is 3.03. The lowest BCUT2D eigenvalue weighted by Gasteiger charge is -2.40. The van der Waals surface area contributed by atoms with E-state index in [4.69, 9.17) is 0 Å². The first kappa shape index (κ1) is 17.2. The third-order valence-electron chi connectivity index (χ3n) is 6.50. The maximum atomic E-state index is 9.78. The maximum absolute atomic E-state index is 9.78. The van der Waals surface area contributed by atoms with Crippen molar-refractivity contribution in [3.63, 3.8) is 0 Å². The molecule has 0 aromatic heterocycles. The van der Waals surface area contributed by atoms with E-state index in [-0.39, 0.29) is 12.1 Å². The number of hydrogen-bond acceptors (Lipinski definition) is 3. The Bertz CT molecular complexity index is 315. The Morgan fingerprint density at radius 3 is 2.38 bits per heavy atom. The normalized spacial score (nSPS) is 33.7. The van der Waals surface area contributed by atoms with Crippen LogP contribution in [0.3, 0.4) is 0 Å². The number of likely N-dealkylation sites (N-methyl/N-ethyl adjacent to an activating group) is 1. The van der Waals surface area contributed by atoms with Gasteiger partial charge in [0.25, 0.3) is 0 Å². The number of hydrogen-bond donors (Lipinski definition) is 2. The number of nitrogens with zero attached hydrogens (tertiary/aromatic N) is 1. The van der Waals surface area contributed by atoms with Gasteiger partial charge in [0, 0.05) is 11.6 Å². The highest BCUT2D eigenvalue weighted by atomic mass is 16.3. The van der Waals surface area contributed by atoms with E-state index in [9.17, 15) is 5.11 Å². The van der Waals surface area contributed by atoms with Crippen molar-refractivity contribution in [1.29, 1.82) is 0 Å². The van der Waals surface area contributed by atoms with Crippen molar-refractivity contribution >= 4 is 0 Å².